The summed E-state index contributed by atoms with van der Waals surface area (Å²) >= 11 is 0. The first-order valence-electron chi connectivity index (χ1n) is 8.19. The number of rotatable bonds is 2. The molecule has 2 heteroatoms. The minimum absolute atomic E-state index is 0.296. The molecule has 1 saturated heterocycles. The molecular weight excluding hydrogens is 256 g/mol. The molecule has 2 atom stereocenters. The summed E-state index contributed by atoms with van der Waals surface area (Å²) in [5.74, 6) is 0. The van der Waals surface area contributed by atoms with Crippen LogP contribution in [0.25, 0.3) is 0 Å². The molecule has 1 aliphatic rings. The first-order chi connectivity index (χ1) is 9.68. The molecule has 0 radical (unpaired) electrons. The second-order valence-electron chi connectivity index (χ2n) is 8.62. The van der Waals surface area contributed by atoms with Gasteiger partial charge in [-0.25, -0.2) is 0 Å². The minimum atomic E-state index is 0.296. The van der Waals surface area contributed by atoms with Gasteiger partial charge in [0.2, 0.25) is 0 Å². The van der Waals surface area contributed by atoms with Crippen LogP contribution in [0.3, 0.4) is 0 Å². The Labute approximate surface area is 130 Å². The number of nitrogens with zero attached hydrogens (tertiary/aromatic N) is 1. The molecule has 2 nitrogen and oxygen atoms in total. The molecule has 0 saturated carbocycles. The van der Waals surface area contributed by atoms with Gasteiger partial charge in [-0.05, 0) is 16.4 Å². The van der Waals surface area contributed by atoms with E-state index in [4.69, 9.17) is 0 Å². The molecule has 118 valence electrons. The van der Waals surface area contributed by atoms with E-state index in [1.807, 2.05) is 0 Å². The van der Waals surface area contributed by atoms with E-state index in [1.165, 1.54) is 5.56 Å². The molecule has 0 aliphatic carbocycles. The first kappa shape index (κ1) is 16.5. The van der Waals surface area contributed by atoms with Crippen LogP contribution in [0, 0.1) is 10.8 Å². The molecule has 21 heavy (non-hydrogen) atoms. The summed E-state index contributed by atoms with van der Waals surface area (Å²) in [5, 5.41) is 3.79. The molecule has 0 amide bonds. The van der Waals surface area contributed by atoms with E-state index in [-0.39, 0.29) is 0 Å². The monoisotopic (exact) mass is 288 g/mol. The van der Waals surface area contributed by atoms with Crippen molar-refractivity contribution in [1.82, 2.24) is 10.2 Å². The summed E-state index contributed by atoms with van der Waals surface area (Å²) in [6.07, 6.45) is 0. The molecular formula is C19H32N2. The van der Waals surface area contributed by atoms with Crippen LogP contribution in [0.15, 0.2) is 30.3 Å². The Bertz CT molecular complexity index is 439. The van der Waals surface area contributed by atoms with Crippen LogP contribution < -0.4 is 5.32 Å². The number of piperazine rings is 1. The molecule has 1 aromatic carbocycles. The van der Waals surface area contributed by atoms with Gasteiger partial charge in [-0.2, -0.15) is 0 Å². The van der Waals surface area contributed by atoms with Crippen molar-refractivity contribution in [1.29, 1.82) is 0 Å². The predicted molar refractivity (Wildman–Crippen MR) is 91.3 cm³/mol. The summed E-state index contributed by atoms with van der Waals surface area (Å²) in [6, 6.07) is 12.0. The van der Waals surface area contributed by atoms with Crippen LogP contribution >= 0.6 is 0 Å². The summed E-state index contributed by atoms with van der Waals surface area (Å²) in [6.45, 7) is 17.3. The van der Waals surface area contributed by atoms with E-state index in [0.717, 1.165) is 19.6 Å². The number of hydrogen-bond donors (Lipinski definition) is 1. The van der Waals surface area contributed by atoms with E-state index in [2.05, 4.69) is 82.1 Å². The largest absolute Gasteiger partial charge is 0.311 e. The molecule has 1 aliphatic heterocycles. The lowest BCUT2D eigenvalue weighted by molar-refractivity contribution is 0.0248. The van der Waals surface area contributed by atoms with E-state index < -0.39 is 0 Å². The standard InChI is InChI=1S/C19H32N2/c1-18(2,3)16-14-21(13-15-10-8-7-9-11-15)17(12-20-16)19(4,5)6/h7-11,16-17,20H,12-14H2,1-6H3. The third-order valence-corrected chi connectivity index (χ3v) is 4.69. The average molecular weight is 288 g/mol. The van der Waals surface area contributed by atoms with Crippen molar-refractivity contribution < 1.29 is 0 Å². The van der Waals surface area contributed by atoms with Crippen molar-refractivity contribution in [3.63, 3.8) is 0 Å². The van der Waals surface area contributed by atoms with Crippen molar-refractivity contribution in [3.8, 4) is 0 Å². The second kappa shape index (κ2) is 6.10. The molecule has 1 fully saturated rings. The van der Waals surface area contributed by atoms with Gasteiger partial charge < -0.3 is 5.32 Å². The Balaban J connectivity index is 2.17. The van der Waals surface area contributed by atoms with E-state index in [0.29, 0.717) is 22.9 Å². The fraction of sp³-hybridized carbons (Fsp3) is 0.684. The highest BCUT2D eigenvalue weighted by Crippen LogP contribution is 2.31. The molecule has 2 rings (SSSR count). The highest BCUT2D eigenvalue weighted by atomic mass is 15.2. The third-order valence-electron chi connectivity index (χ3n) is 4.69. The number of hydrogen-bond acceptors (Lipinski definition) is 2. The zero-order valence-corrected chi connectivity index (χ0v) is 14.6. The van der Waals surface area contributed by atoms with Gasteiger partial charge in [-0.15, -0.1) is 0 Å². The quantitative estimate of drug-likeness (QED) is 0.887. The number of benzene rings is 1. The lowest BCUT2D eigenvalue weighted by Gasteiger charge is -2.49. The summed E-state index contributed by atoms with van der Waals surface area (Å²) < 4.78 is 0. The summed E-state index contributed by atoms with van der Waals surface area (Å²) in [7, 11) is 0. The minimum Gasteiger partial charge on any atom is -0.311 e. The highest BCUT2D eigenvalue weighted by molar-refractivity contribution is 5.15. The maximum Gasteiger partial charge on any atom is 0.0273 e. The molecule has 0 aromatic heterocycles. The molecule has 1 heterocycles. The highest BCUT2D eigenvalue weighted by Gasteiger charge is 2.38. The van der Waals surface area contributed by atoms with Gasteiger partial charge in [0.05, 0.1) is 0 Å². The van der Waals surface area contributed by atoms with Gasteiger partial charge in [0.1, 0.15) is 0 Å². The average Bonchev–Trinajstić information content (AvgIpc) is 2.37. The van der Waals surface area contributed by atoms with E-state index in [9.17, 15) is 0 Å². The van der Waals surface area contributed by atoms with Gasteiger partial charge in [-0.3, -0.25) is 4.90 Å². The SMILES string of the molecule is CC(C)(C)C1CN(Cc2ccccc2)C(C(C)(C)C)CN1. The second-order valence-corrected chi connectivity index (χ2v) is 8.62. The zero-order chi connectivity index (χ0) is 15.7. The zero-order valence-electron chi connectivity index (χ0n) is 14.6. The van der Waals surface area contributed by atoms with Crippen molar-refractivity contribution >= 4 is 0 Å². The van der Waals surface area contributed by atoms with Crippen molar-refractivity contribution in [2.75, 3.05) is 13.1 Å². The van der Waals surface area contributed by atoms with Gasteiger partial charge >= 0.3 is 0 Å². The van der Waals surface area contributed by atoms with Crippen molar-refractivity contribution in [2.24, 2.45) is 10.8 Å². The van der Waals surface area contributed by atoms with Crippen LogP contribution in [0.2, 0.25) is 0 Å². The van der Waals surface area contributed by atoms with Gasteiger partial charge in [0.15, 0.2) is 0 Å². The lowest BCUT2D eigenvalue weighted by atomic mass is 9.79. The van der Waals surface area contributed by atoms with Crippen molar-refractivity contribution in [3.05, 3.63) is 35.9 Å². The normalized spacial score (nSPS) is 25.0. The van der Waals surface area contributed by atoms with Crippen molar-refractivity contribution in [2.45, 2.75) is 60.2 Å². The molecule has 0 bridgehead atoms. The maximum atomic E-state index is 3.79. The van der Waals surface area contributed by atoms with Gasteiger partial charge in [0, 0.05) is 31.7 Å². The van der Waals surface area contributed by atoms with Crippen LogP contribution in [-0.4, -0.2) is 30.1 Å². The Morgan fingerprint density at radius 1 is 1.00 bits per heavy atom. The topological polar surface area (TPSA) is 15.3 Å². The van der Waals surface area contributed by atoms with Gasteiger partial charge in [0.25, 0.3) is 0 Å². The Kier molecular flexibility index (Phi) is 4.79. The van der Waals surface area contributed by atoms with E-state index >= 15 is 0 Å². The molecule has 0 spiro atoms. The van der Waals surface area contributed by atoms with E-state index in [1.54, 1.807) is 0 Å². The first-order valence-corrected chi connectivity index (χ1v) is 8.19. The fourth-order valence-corrected chi connectivity index (χ4v) is 3.24. The fourth-order valence-electron chi connectivity index (χ4n) is 3.24. The Hall–Kier alpha value is -0.860. The lowest BCUT2D eigenvalue weighted by Crippen LogP contribution is -2.63. The Morgan fingerprint density at radius 2 is 1.62 bits per heavy atom. The molecule has 1 aromatic rings. The van der Waals surface area contributed by atoms with Crippen LogP contribution in [0.4, 0.5) is 0 Å². The number of nitrogens with one attached hydrogen (secondary N) is 1. The summed E-state index contributed by atoms with van der Waals surface area (Å²) in [4.78, 5) is 2.68. The van der Waals surface area contributed by atoms with Gasteiger partial charge in [-0.1, -0.05) is 71.9 Å². The third kappa shape index (κ3) is 4.31. The van der Waals surface area contributed by atoms with Crippen LogP contribution in [0.1, 0.15) is 47.1 Å². The maximum absolute atomic E-state index is 3.79. The Morgan fingerprint density at radius 3 is 2.14 bits per heavy atom. The molecule has 1 N–H and O–H groups in total. The molecule has 2 unspecified atom stereocenters. The predicted octanol–water partition coefficient (Wildman–Crippen LogP) is 3.92. The van der Waals surface area contributed by atoms with Crippen LogP contribution in [-0.2, 0) is 6.54 Å². The summed E-state index contributed by atoms with van der Waals surface area (Å²) in [5.41, 5.74) is 2.02. The smallest absolute Gasteiger partial charge is 0.0273 e. The van der Waals surface area contributed by atoms with Crippen LogP contribution in [0.5, 0.6) is 0 Å².